The molecule has 1 aliphatic heterocycles. The molecular weight excluding hydrogens is 104 g/mol. The van der Waals surface area contributed by atoms with Crippen LogP contribution in [0.1, 0.15) is 13.8 Å². The molecule has 44 valence electrons. The molecule has 0 radical (unpaired) electrons. The van der Waals surface area contributed by atoms with Crippen molar-refractivity contribution in [3.63, 3.8) is 0 Å². The molecule has 8 heavy (non-hydrogen) atoms. The van der Waals surface area contributed by atoms with E-state index in [0.29, 0.717) is 0 Å². The van der Waals surface area contributed by atoms with Gasteiger partial charge in [-0.2, -0.15) is 5.10 Å². The van der Waals surface area contributed by atoms with Crippen molar-refractivity contribution >= 4 is 12.6 Å². The molecule has 0 bridgehead atoms. The first-order valence-electron chi connectivity index (χ1n) is 2.44. The quantitative estimate of drug-likeness (QED) is 0.456. The van der Waals surface area contributed by atoms with Crippen molar-refractivity contribution in [3.8, 4) is 0 Å². The van der Waals surface area contributed by atoms with Crippen molar-refractivity contribution < 1.29 is 4.74 Å². The second kappa shape index (κ2) is 1.58. The molecule has 0 atom stereocenters. The van der Waals surface area contributed by atoms with Crippen LogP contribution < -0.4 is 0 Å². The summed E-state index contributed by atoms with van der Waals surface area (Å²) in [5.41, 5.74) is -0.262. The predicted octanol–water partition coefficient (Wildman–Crippen LogP) is 0.809. The van der Waals surface area contributed by atoms with E-state index in [1.807, 2.05) is 13.8 Å². The van der Waals surface area contributed by atoms with Crippen LogP contribution in [0, 0.1) is 0 Å². The Hall–Kier alpha value is -0.860. The number of nitrogens with zero attached hydrogens (tertiary/aromatic N) is 2. The van der Waals surface area contributed by atoms with E-state index >= 15 is 0 Å². The fraction of sp³-hybridized carbons (Fsp3) is 0.600. The van der Waals surface area contributed by atoms with Crippen LogP contribution in [0.4, 0.5) is 0 Å². The van der Waals surface area contributed by atoms with Gasteiger partial charge in [-0.25, -0.2) is 0 Å². The summed E-state index contributed by atoms with van der Waals surface area (Å²) < 4.78 is 5.02. The van der Waals surface area contributed by atoms with E-state index in [4.69, 9.17) is 4.74 Å². The Kier molecular flexibility index (Phi) is 1.04. The van der Waals surface area contributed by atoms with E-state index in [1.54, 1.807) is 6.21 Å². The average molecular weight is 112 g/mol. The van der Waals surface area contributed by atoms with Crippen molar-refractivity contribution in [1.82, 2.24) is 0 Å². The highest BCUT2D eigenvalue weighted by Crippen LogP contribution is 2.06. The van der Waals surface area contributed by atoms with Gasteiger partial charge in [0.05, 0.1) is 6.21 Å². The molecule has 1 heterocycles. The summed E-state index contributed by atoms with van der Waals surface area (Å²) in [7, 11) is 0. The highest BCUT2D eigenvalue weighted by atomic mass is 16.5. The van der Waals surface area contributed by atoms with Crippen molar-refractivity contribution in [2.45, 2.75) is 19.4 Å². The Balaban J connectivity index is 2.65. The Morgan fingerprint density at radius 3 is 2.38 bits per heavy atom. The van der Waals surface area contributed by atoms with Crippen LogP contribution in [-0.4, -0.2) is 18.2 Å². The molecular formula is C5H8N2O. The van der Waals surface area contributed by atoms with E-state index in [2.05, 4.69) is 10.2 Å². The standard InChI is InChI=1S/C5H8N2O/c1-5(2)3-6-7-4-8-5/h3-4H,1-2H3. The normalized spacial score (nSPS) is 22.8. The molecule has 0 N–H and O–H groups in total. The molecule has 1 rings (SSSR count). The van der Waals surface area contributed by atoms with Gasteiger partial charge in [0, 0.05) is 0 Å². The van der Waals surface area contributed by atoms with Gasteiger partial charge in [0.2, 0.25) is 0 Å². The first kappa shape index (κ1) is 5.28. The van der Waals surface area contributed by atoms with Gasteiger partial charge in [-0.1, -0.05) is 0 Å². The third kappa shape index (κ3) is 1.05. The Labute approximate surface area is 48.1 Å². The van der Waals surface area contributed by atoms with Crippen molar-refractivity contribution in [2.75, 3.05) is 0 Å². The van der Waals surface area contributed by atoms with Crippen LogP contribution in [0.15, 0.2) is 10.2 Å². The van der Waals surface area contributed by atoms with Gasteiger partial charge in [-0.05, 0) is 13.8 Å². The lowest BCUT2D eigenvalue weighted by Gasteiger charge is -2.18. The minimum absolute atomic E-state index is 0.262. The summed E-state index contributed by atoms with van der Waals surface area (Å²) in [6, 6.07) is 0. The van der Waals surface area contributed by atoms with Gasteiger partial charge in [-0.15, -0.1) is 5.10 Å². The minimum atomic E-state index is -0.262. The first-order valence-corrected chi connectivity index (χ1v) is 2.44. The first-order chi connectivity index (χ1) is 3.71. The van der Waals surface area contributed by atoms with Gasteiger partial charge in [0.25, 0.3) is 0 Å². The Morgan fingerprint density at radius 2 is 2.12 bits per heavy atom. The van der Waals surface area contributed by atoms with E-state index in [-0.39, 0.29) is 5.60 Å². The van der Waals surface area contributed by atoms with Crippen LogP contribution in [-0.2, 0) is 4.74 Å². The number of rotatable bonds is 0. The molecule has 3 nitrogen and oxygen atoms in total. The molecule has 0 spiro atoms. The SMILES string of the molecule is CC1(C)C=NN=CO1. The van der Waals surface area contributed by atoms with E-state index in [9.17, 15) is 0 Å². The maximum Gasteiger partial charge on any atom is 0.196 e. The number of ether oxygens (including phenoxy) is 1. The maximum atomic E-state index is 5.02. The smallest absolute Gasteiger partial charge is 0.196 e. The topological polar surface area (TPSA) is 34.0 Å². The predicted molar refractivity (Wildman–Crippen MR) is 32.1 cm³/mol. The molecule has 3 heteroatoms. The summed E-state index contributed by atoms with van der Waals surface area (Å²) in [5.74, 6) is 0. The second-order valence-electron chi connectivity index (χ2n) is 2.19. The largest absolute Gasteiger partial charge is 0.470 e. The van der Waals surface area contributed by atoms with Gasteiger partial charge < -0.3 is 4.74 Å². The van der Waals surface area contributed by atoms with Gasteiger partial charge in [-0.3, -0.25) is 0 Å². The van der Waals surface area contributed by atoms with Gasteiger partial charge in [0.15, 0.2) is 6.40 Å². The second-order valence-corrected chi connectivity index (χ2v) is 2.19. The zero-order valence-corrected chi connectivity index (χ0v) is 4.96. The molecule has 0 saturated carbocycles. The molecule has 0 aliphatic carbocycles. The summed E-state index contributed by atoms with van der Waals surface area (Å²) in [4.78, 5) is 0. The lowest BCUT2D eigenvalue weighted by Crippen LogP contribution is -2.27. The fourth-order valence-corrected chi connectivity index (χ4v) is 0.389. The van der Waals surface area contributed by atoms with Crippen molar-refractivity contribution in [3.05, 3.63) is 0 Å². The highest BCUT2D eigenvalue weighted by molar-refractivity contribution is 5.72. The van der Waals surface area contributed by atoms with Crippen LogP contribution in [0.5, 0.6) is 0 Å². The maximum absolute atomic E-state index is 5.02. The minimum Gasteiger partial charge on any atom is -0.470 e. The van der Waals surface area contributed by atoms with Crippen molar-refractivity contribution in [2.24, 2.45) is 10.2 Å². The van der Waals surface area contributed by atoms with Crippen molar-refractivity contribution in [1.29, 1.82) is 0 Å². The van der Waals surface area contributed by atoms with Crippen LogP contribution in [0.25, 0.3) is 0 Å². The molecule has 0 unspecified atom stereocenters. The molecule has 0 aromatic rings. The molecule has 0 aromatic heterocycles. The highest BCUT2D eigenvalue weighted by Gasteiger charge is 2.15. The summed E-state index contributed by atoms with van der Waals surface area (Å²) in [5, 5.41) is 7.14. The molecule has 0 fully saturated rings. The molecule has 0 saturated heterocycles. The van der Waals surface area contributed by atoms with Crippen LogP contribution in [0.2, 0.25) is 0 Å². The van der Waals surface area contributed by atoms with Crippen LogP contribution >= 0.6 is 0 Å². The van der Waals surface area contributed by atoms with E-state index < -0.39 is 0 Å². The van der Waals surface area contributed by atoms with E-state index in [1.165, 1.54) is 6.40 Å². The lowest BCUT2D eigenvalue weighted by atomic mass is 10.2. The Morgan fingerprint density at radius 1 is 1.38 bits per heavy atom. The number of hydrogen-bond acceptors (Lipinski definition) is 3. The monoisotopic (exact) mass is 112 g/mol. The summed E-state index contributed by atoms with van der Waals surface area (Å²) >= 11 is 0. The third-order valence-electron chi connectivity index (χ3n) is 0.839. The third-order valence-corrected chi connectivity index (χ3v) is 0.839. The van der Waals surface area contributed by atoms with Crippen LogP contribution in [0.3, 0.4) is 0 Å². The zero-order chi connectivity index (χ0) is 6.04. The summed E-state index contributed by atoms with van der Waals surface area (Å²) in [6.45, 7) is 3.84. The molecule has 1 aliphatic rings. The number of hydrogen-bond donors (Lipinski definition) is 0. The van der Waals surface area contributed by atoms with Gasteiger partial charge in [0.1, 0.15) is 5.60 Å². The molecule has 0 amide bonds. The fourth-order valence-electron chi connectivity index (χ4n) is 0.389. The van der Waals surface area contributed by atoms with Gasteiger partial charge >= 0.3 is 0 Å². The Bertz CT molecular complexity index is 137. The lowest BCUT2D eigenvalue weighted by molar-refractivity contribution is 0.179. The molecule has 0 aromatic carbocycles. The zero-order valence-electron chi connectivity index (χ0n) is 4.96. The van der Waals surface area contributed by atoms with E-state index in [0.717, 1.165) is 0 Å². The summed E-state index contributed by atoms with van der Waals surface area (Å²) in [6.07, 6.45) is 3.01. The average Bonchev–Trinajstić information content (AvgIpc) is 1.65.